The molecule has 2 aliphatic rings. The van der Waals surface area contributed by atoms with Crippen LogP contribution in [-0.4, -0.2) is 27.1 Å². The van der Waals surface area contributed by atoms with Crippen LogP contribution in [0.4, 0.5) is 0 Å². The second-order valence-corrected chi connectivity index (χ2v) is 9.03. The van der Waals surface area contributed by atoms with Gasteiger partial charge < -0.3 is 10.4 Å². The molecule has 3 N–H and O–H groups in total. The zero-order valence-corrected chi connectivity index (χ0v) is 19.7. The fraction of sp³-hybridized carbons (Fsp3) is 0.440. The highest BCUT2D eigenvalue weighted by atomic mass is 32.1. The molecule has 1 fully saturated rings. The van der Waals surface area contributed by atoms with Crippen molar-refractivity contribution in [1.82, 2.24) is 14.9 Å². The first-order valence-electron chi connectivity index (χ1n) is 11.7. The summed E-state index contributed by atoms with van der Waals surface area (Å²) in [6, 6.07) is 7.89. The van der Waals surface area contributed by atoms with Crippen molar-refractivity contribution < 1.29 is 9.90 Å². The summed E-state index contributed by atoms with van der Waals surface area (Å²) in [5, 5.41) is 15.6. The Kier molecular flexibility index (Phi) is 7.23. The first kappa shape index (κ1) is 23.2. The van der Waals surface area contributed by atoms with Gasteiger partial charge in [-0.05, 0) is 55.6 Å². The Morgan fingerprint density at radius 1 is 1.30 bits per heavy atom. The number of carbonyl (C=O) groups excluding carboxylic acids is 1. The van der Waals surface area contributed by atoms with Crippen LogP contribution in [-0.2, 0) is 4.79 Å². The fourth-order valence-electron chi connectivity index (χ4n) is 4.16. The lowest BCUT2D eigenvalue weighted by Crippen LogP contribution is -2.26. The lowest BCUT2D eigenvalue weighted by Gasteiger charge is -2.11. The SMILES string of the molecule is CCCCCCC(=O)NCCC1=c2ccccc2=N/C1=C\c1c(O)n(C2CC2)c(=S)[nH]c1=O. The van der Waals surface area contributed by atoms with Crippen LogP contribution in [0.3, 0.4) is 0 Å². The summed E-state index contributed by atoms with van der Waals surface area (Å²) in [5.41, 5.74) is 1.28. The van der Waals surface area contributed by atoms with E-state index in [1.807, 2.05) is 24.3 Å². The second-order valence-electron chi connectivity index (χ2n) is 8.65. The molecule has 8 heteroatoms. The van der Waals surface area contributed by atoms with Gasteiger partial charge in [-0.15, -0.1) is 0 Å². The summed E-state index contributed by atoms with van der Waals surface area (Å²) < 4.78 is 1.85. The van der Waals surface area contributed by atoms with E-state index < -0.39 is 5.56 Å². The maximum absolute atomic E-state index is 12.6. The molecule has 1 aromatic heterocycles. The molecule has 174 valence electrons. The van der Waals surface area contributed by atoms with Gasteiger partial charge in [0, 0.05) is 24.2 Å². The van der Waals surface area contributed by atoms with E-state index in [9.17, 15) is 14.7 Å². The van der Waals surface area contributed by atoms with Gasteiger partial charge in [-0.25, -0.2) is 4.99 Å². The van der Waals surface area contributed by atoms with Gasteiger partial charge in [0.2, 0.25) is 11.8 Å². The van der Waals surface area contributed by atoms with Crippen molar-refractivity contribution in [2.45, 2.75) is 64.3 Å². The van der Waals surface area contributed by atoms with Crippen LogP contribution in [0, 0.1) is 4.77 Å². The molecule has 0 atom stereocenters. The Morgan fingerprint density at radius 2 is 2.09 bits per heavy atom. The van der Waals surface area contributed by atoms with E-state index in [1.54, 1.807) is 10.6 Å². The topological polar surface area (TPSA) is 99.5 Å². The van der Waals surface area contributed by atoms with Crippen molar-refractivity contribution in [2.24, 2.45) is 4.99 Å². The molecule has 33 heavy (non-hydrogen) atoms. The van der Waals surface area contributed by atoms with Crippen LogP contribution < -0.4 is 21.5 Å². The zero-order chi connectivity index (χ0) is 23.4. The third-order valence-electron chi connectivity index (χ3n) is 6.08. The summed E-state index contributed by atoms with van der Waals surface area (Å²) in [6.45, 7) is 2.63. The molecule has 0 bridgehead atoms. The fourth-order valence-corrected chi connectivity index (χ4v) is 4.49. The number of fused-ring (bicyclic) bond motifs is 1. The van der Waals surface area contributed by atoms with Crippen molar-refractivity contribution in [3.8, 4) is 5.88 Å². The van der Waals surface area contributed by atoms with Crippen LogP contribution >= 0.6 is 12.2 Å². The number of aromatic amines is 1. The number of aromatic hydroxyl groups is 1. The Balaban J connectivity index is 1.58. The van der Waals surface area contributed by atoms with Crippen molar-refractivity contribution in [1.29, 1.82) is 0 Å². The van der Waals surface area contributed by atoms with E-state index in [-0.39, 0.29) is 28.2 Å². The number of amides is 1. The van der Waals surface area contributed by atoms with Crippen LogP contribution in [0.1, 0.15) is 69.9 Å². The lowest BCUT2D eigenvalue weighted by molar-refractivity contribution is -0.121. The van der Waals surface area contributed by atoms with Crippen molar-refractivity contribution in [3.05, 3.63) is 61.2 Å². The number of aromatic nitrogens is 2. The maximum Gasteiger partial charge on any atom is 0.262 e. The molecule has 1 aliphatic heterocycles. The molecule has 0 spiro atoms. The van der Waals surface area contributed by atoms with E-state index in [2.05, 4.69) is 17.2 Å². The average molecular weight is 467 g/mol. The first-order valence-corrected chi connectivity index (χ1v) is 12.1. The number of carbonyl (C=O) groups is 1. The molecule has 1 amide bonds. The summed E-state index contributed by atoms with van der Waals surface area (Å²) in [5.74, 6) is -0.0642. The Hall–Kier alpha value is -3.00. The van der Waals surface area contributed by atoms with Crippen LogP contribution in [0.15, 0.2) is 39.7 Å². The standard InChI is InChI=1S/C25H30N4O3S/c1-2-3-4-5-10-22(30)26-14-13-18-17-8-6-7-9-20(17)27-21(18)15-19-23(31)28-25(33)29(24(19)32)16-11-12-16/h6-9,15-16,32H,2-5,10-14H2,1H3,(H,26,30)(H,28,31,33)/b21-15-. The van der Waals surface area contributed by atoms with E-state index in [1.165, 1.54) is 0 Å². The van der Waals surface area contributed by atoms with Crippen molar-refractivity contribution >= 4 is 29.8 Å². The predicted molar refractivity (Wildman–Crippen MR) is 131 cm³/mol. The minimum atomic E-state index is -0.437. The number of nitrogens with zero attached hydrogens (tertiary/aromatic N) is 2. The van der Waals surface area contributed by atoms with Crippen LogP contribution in [0.2, 0.25) is 0 Å². The minimum Gasteiger partial charge on any atom is -0.494 e. The number of hydrogen-bond donors (Lipinski definition) is 3. The molecule has 0 saturated heterocycles. The average Bonchev–Trinajstić information content (AvgIpc) is 3.56. The van der Waals surface area contributed by atoms with E-state index in [0.29, 0.717) is 25.1 Å². The number of rotatable bonds is 10. The highest BCUT2D eigenvalue weighted by Gasteiger charge is 2.28. The van der Waals surface area contributed by atoms with Crippen molar-refractivity contribution in [3.63, 3.8) is 0 Å². The molecule has 0 radical (unpaired) electrons. The van der Waals surface area contributed by atoms with Gasteiger partial charge in [0.05, 0.1) is 11.1 Å². The number of nitrogens with one attached hydrogen (secondary N) is 2. The smallest absolute Gasteiger partial charge is 0.262 e. The molecule has 4 rings (SSSR count). The van der Waals surface area contributed by atoms with E-state index in [4.69, 9.17) is 17.2 Å². The molecule has 1 aromatic carbocycles. The van der Waals surface area contributed by atoms with Gasteiger partial charge in [0.25, 0.3) is 5.56 Å². The maximum atomic E-state index is 12.6. The molecule has 0 unspecified atom stereocenters. The van der Waals surface area contributed by atoms with Crippen LogP contribution in [0.25, 0.3) is 11.6 Å². The highest BCUT2D eigenvalue weighted by Crippen LogP contribution is 2.38. The number of unbranched alkanes of at least 4 members (excludes halogenated alkanes) is 3. The van der Waals surface area contributed by atoms with Gasteiger partial charge >= 0.3 is 0 Å². The van der Waals surface area contributed by atoms with Gasteiger partial charge in [0.15, 0.2) is 4.77 Å². The van der Waals surface area contributed by atoms with Gasteiger partial charge in [-0.1, -0.05) is 44.4 Å². The summed E-state index contributed by atoms with van der Waals surface area (Å²) in [7, 11) is 0. The third-order valence-corrected chi connectivity index (χ3v) is 6.38. The second kappa shape index (κ2) is 10.3. The summed E-state index contributed by atoms with van der Waals surface area (Å²) >= 11 is 5.25. The van der Waals surface area contributed by atoms with Gasteiger partial charge in [0.1, 0.15) is 5.56 Å². The lowest BCUT2D eigenvalue weighted by atomic mass is 10.1. The third kappa shape index (κ3) is 5.33. The Morgan fingerprint density at radius 3 is 2.85 bits per heavy atom. The highest BCUT2D eigenvalue weighted by molar-refractivity contribution is 7.71. The Labute approximate surface area is 197 Å². The number of benzene rings is 1. The monoisotopic (exact) mass is 466 g/mol. The molecule has 2 aromatic rings. The number of para-hydroxylation sites is 1. The van der Waals surface area contributed by atoms with Crippen LogP contribution in [0.5, 0.6) is 5.88 Å². The zero-order valence-electron chi connectivity index (χ0n) is 18.9. The number of H-pyrrole nitrogens is 1. The number of hydrogen-bond acceptors (Lipinski definition) is 5. The van der Waals surface area contributed by atoms with Crippen molar-refractivity contribution in [2.75, 3.05) is 6.54 Å². The molecule has 1 aliphatic carbocycles. The molecular formula is C25H30N4O3S. The predicted octanol–water partition coefficient (Wildman–Crippen LogP) is 3.25. The van der Waals surface area contributed by atoms with Gasteiger partial charge in [-0.3, -0.25) is 19.1 Å². The largest absolute Gasteiger partial charge is 0.494 e. The Bertz CT molecular complexity index is 1320. The number of allylic oxidation sites excluding steroid dienone is 1. The molecule has 2 heterocycles. The summed E-state index contributed by atoms with van der Waals surface area (Å²) in [6.07, 6.45) is 8.87. The van der Waals surface area contributed by atoms with E-state index in [0.717, 1.165) is 54.7 Å². The molecular weight excluding hydrogens is 436 g/mol. The van der Waals surface area contributed by atoms with Gasteiger partial charge in [-0.2, -0.15) is 0 Å². The quantitative estimate of drug-likeness (QED) is 0.370. The summed E-state index contributed by atoms with van der Waals surface area (Å²) in [4.78, 5) is 32.2. The minimum absolute atomic E-state index is 0.0565. The first-order chi connectivity index (χ1) is 16.0. The normalized spacial score (nSPS) is 16.0. The molecule has 1 saturated carbocycles. The van der Waals surface area contributed by atoms with E-state index >= 15 is 0 Å². The molecule has 7 nitrogen and oxygen atoms in total.